The van der Waals surface area contributed by atoms with Crippen LogP contribution in [-0.2, 0) is 11.2 Å². The van der Waals surface area contributed by atoms with Crippen molar-refractivity contribution in [2.45, 2.75) is 26.2 Å². The molecule has 0 saturated carbocycles. The lowest BCUT2D eigenvalue weighted by Gasteiger charge is -2.07. The third-order valence-corrected chi connectivity index (χ3v) is 5.82. The molecule has 0 aliphatic rings. The summed E-state index contributed by atoms with van der Waals surface area (Å²) in [4.78, 5) is 16.6. The maximum absolute atomic E-state index is 12.2. The number of anilines is 1. The van der Waals surface area contributed by atoms with Crippen LogP contribution in [0, 0.1) is 0 Å². The lowest BCUT2D eigenvalue weighted by Crippen LogP contribution is -2.20. The molecule has 4 nitrogen and oxygen atoms in total. The van der Waals surface area contributed by atoms with Crippen LogP contribution in [0.3, 0.4) is 0 Å². The van der Waals surface area contributed by atoms with Gasteiger partial charge in [0.15, 0.2) is 11.7 Å². The molecule has 1 aromatic heterocycles. The zero-order chi connectivity index (χ0) is 18.5. The number of benzene rings is 2. The first-order valence-electron chi connectivity index (χ1n) is 8.32. The fourth-order valence-corrected chi connectivity index (χ4v) is 4.56. The van der Waals surface area contributed by atoms with Crippen molar-refractivity contribution in [1.29, 1.82) is 0 Å². The molecule has 0 radical (unpaired) electrons. The number of thiazole rings is 1. The monoisotopic (exact) mass is 496 g/mol. The summed E-state index contributed by atoms with van der Waals surface area (Å²) >= 11 is 8.29. The second-order valence-corrected chi connectivity index (χ2v) is 8.64. The zero-order valence-corrected chi connectivity index (χ0v) is 18.2. The van der Waals surface area contributed by atoms with Crippen molar-refractivity contribution in [3.8, 4) is 5.75 Å². The van der Waals surface area contributed by atoms with Crippen LogP contribution >= 0.6 is 43.2 Å². The lowest BCUT2D eigenvalue weighted by atomic mass is 10.1. The third-order valence-electron chi connectivity index (χ3n) is 3.77. The summed E-state index contributed by atoms with van der Waals surface area (Å²) in [7, 11) is 0. The van der Waals surface area contributed by atoms with Crippen LogP contribution in [0.1, 0.15) is 25.3 Å². The molecular formula is C19H18Br2N2O2S. The van der Waals surface area contributed by atoms with Crippen molar-refractivity contribution in [3.63, 3.8) is 0 Å². The van der Waals surface area contributed by atoms with Gasteiger partial charge in [-0.2, -0.15) is 0 Å². The van der Waals surface area contributed by atoms with E-state index in [0.29, 0.717) is 10.9 Å². The largest absolute Gasteiger partial charge is 0.483 e. The van der Waals surface area contributed by atoms with Crippen LogP contribution < -0.4 is 10.1 Å². The van der Waals surface area contributed by atoms with E-state index in [2.05, 4.69) is 61.2 Å². The van der Waals surface area contributed by atoms with E-state index >= 15 is 0 Å². The van der Waals surface area contributed by atoms with E-state index < -0.39 is 0 Å². The predicted molar refractivity (Wildman–Crippen MR) is 114 cm³/mol. The Balaban J connectivity index is 1.61. The van der Waals surface area contributed by atoms with Gasteiger partial charge < -0.3 is 4.74 Å². The topological polar surface area (TPSA) is 51.2 Å². The average Bonchev–Trinajstić information content (AvgIpc) is 3.00. The van der Waals surface area contributed by atoms with Crippen LogP contribution in [0.25, 0.3) is 10.2 Å². The number of hydrogen-bond acceptors (Lipinski definition) is 4. The SMILES string of the molecule is CCCCc1ccc2nc(NC(=O)COc3ccc(Br)cc3Br)sc2c1. The molecule has 0 aliphatic heterocycles. The molecule has 1 heterocycles. The first kappa shape index (κ1) is 19.3. The highest BCUT2D eigenvalue weighted by atomic mass is 79.9. The number of aromatic nitrogens is 1. The number of unbranched alkanes of at least 4 members (excludes halogenated alkanes) is 1. The molecular weight excluding hydrogens is 480 g/mol. The second kappa shape index (κ2) is 8.97. The standard InChI is InChI=1S/C19H18Br2N2O2S/c1-2-3-4-12-5-7-15-17(9-12)26-19(22-15)23-18(24)11-25-16-8-6-13(20)10-14(16)21/h5-10H,2-4,11H2,1H3,(H,22,23,24). The molecule has 3 aromatic rings. The molecule has 2 aromatic carbocycles. The first-order valence-corrected chi connectivity index (χ1v) is 10.7. The number of carbonyl (C=O) groups excluding carboxylic acids is 1. The van der Waals surface area contributed by atoms with Gasteiger partial charge in [-0.1, -0.05) is 46.7 Å². The van der Waals surface area contributed by atoms with Gasteiger partial charge in [0.05, 0.1) is 14.7 Å². The number of rotatable bonds is 7. The smallest absolute Gasteiger partial charge is 0.264 e. The summed E-state index contributed by atoms with van der Waals surface area (Å²) in [6, 6.07) is 11.8. The summed E-state index contributed by atoms with van der Waals surface area (Å²) in [5.74, 6) is 0.387. The molecule has 0 bridgehead atoms. The quantitative estimate of drug-likeness (QED) is 0.423. The number of fused-ring (bicyclic) bond motifs is 1. The van der Waals surface area contributed by atoms with Crippen molar-refractivity contribution in [1.82, 2.24) is 4.98 Å². The van der Waals surface area contributed by atoms with E-state index in [9.17, 15) is 4.79 Å². The molecule has 0 saturated heterocycles. The van der Waals surface area contributed by atoms with E-state index in [4.69, 9.17) is 4.74 Å². The van der Waals surface area contributed by atoms with Gasteiger partial charge in [-0.25, -0.2) is 4.98 Å². The molecule has 26 heavy (non-hydrogen) atoms. The summed E-state index contributed by atoms with van der Waals surface area (Å²) in [6.45, 7) is 2.12. The van der Waals surface area contributed by atoms with Crippen LogP contribution in [-0.4, -0.2) is 17.5 Å². The Labute approximate surface area is 173 Å². The van der Waals surface area contributed by atoms with Crippen molar-refractivity contribution in [2.75, 3.05) is 11.9 Å². The van der Waals surface area contributed by atoms with E-state index in [-0.39, 0.29) is 12.5 Å². The van der Waals surface area contributed by atoms with Gasteiger partial charge in [0.2, 0.25) is 0 Å². The number of ether oxygens (including phenoxy) is 1. The van der Waals surface area contributed by atoms with Gasteiger partial charge in [0.25, 0.3) is 5.91 Å². The normalized spacial score (nSPS) is 10.9. The van der Waals surface area contributed by atoms with Crippen molar-refractivity contribution in [3.05, 3.63) is 50.9 Å². The molecule has 0 unspecified atom stereocenters. The molecule has 1 N–H and O–H groups in total. The maximum Gasteiger partial charge on any atom is 0.264 e. The summed E-state index contributed by atoms with van der Waals surface area (Å²) < 4.78 is 8.38. The van der Waals surface area contributed by atoms with Gasteiger partial charge in [-0.05, 0) is 64.7 Å². The average molecular weight is 498 g/mol. The zero-order valence-electron chi connectivity index (χ0n) is 14.2. The van der Waals surface area contributed by atoms with Crippen LogP contribution in [0.15, 0.2) is 45.3 Å². The minimum absolute atomic E-state index is 0.0715. The Bertz CT molecular complexity index is 927. The maximum atomic E-state index is 12.2. The van der Waals surface area contributed by atoms with E-state index in [1.807, 2.05) is 18.2 Å². The van der Waals surface area contributed by atoms with E-state index in [1.54, 1.807) is 6.07 Å². The Kier molecular flexibility index (Phi) is 6.67. The number of amides is 1. The molecule has 7 heteroatoms. The Morgan fingerprint density at radius 3 is 2.85 bits per heavy atom. The van der Waals surface area contributed by atoms with Crippen molar-refractivity contribution >= 4 is 64.5 Å². The molecule has 0 atom stereocenters. The van der Waals surface area contributed by atoms with E-state index in [0.717, 1.165) is 25.6 Å². The highest BCUT2D eigenvalue weighted by molar-refractivity contribution is 9.11. The summed E-state index contributed by atoms with van der Waals surface area (Å²) in [5, 5.41) is 3.41. The minimum Gasteiger partial charge on any atom is -0.483 e. The Morgan fingerprint density at radius 2 is 2.08 bits per heavy atom. The van der Waals surface area contributed by atoms with Crippen molar-refractivity contribution in [2.24, 2.45) is 0 Å². The number of hydrogen-bond donors (Lipinski definition) is 1. The number of aryl methyl sites for hydroxylation is 1. The molecule has 3 rings (SSSR count). The first-order chi connectivity index (χ1) is 12.5. The third kappa shape index (κ3) is 5.05. The predicted octanol–water partition coefficient (Wildman–Crippen LogP) is 6.18. The molecule has 136 valence electrons. The molecule has 0 fully saturated rings. The van der Waals surface area contributed by atoms with Crippen LogP contribution in [0.4, 0.5) is 5.13 Å². The van der Waals surface area contributed by atoms with Gasteiger partial charge in [-0.15, -0.1) is 0 Å². The molecule has 1 amide bonds. The fourth-order valence-electron chi connectivity index (χ4n) is 2.45. The number of halogens is 2. The summed E-state index contributed by atoms with van der Waals surface area (Å²) in [6.07, 6.45) is 3.43. The van der Waals surface area contributed by atoms with Crippen LogP contribution in [0.2, 0.25) is 0 Å². The van der Waals surface area contributed by atoms with Gasteiger partial charge in [-0.3, -0.25) is 10.1 Å². The Hall–Kier alpha value is -1.44. The minimum atomic E-state index is -0.231. The Morgan fingerprint density at radius 1 is 1.23 bits per heavy atom. The lowest BCUT2D eigenvalue weighted by molar-refractivity contribution is -0.118. The van der Waals surface area contributed by atoms with Gasteiger partial charge in [0.1, 0.15) is 5.75 Å². The number of nitrogens with one attached hydrogen (secondary N) is 1. The molecule has 0 aliphatic carbocycles. The van der Waals surface area contributed by atoms with E-state index in [1.165, 1.54) is 29.7 Å². The summed E-state index contributed by atoms with van der Waals surface area (Å²) in [5.41, 5.74) is 2.21. The molecule has 0 spiro atoms. The van der Waals surface area contributed by atoms with Crippen molar-refractivity contribution < 1.29 is 9.53 Å². The second-order valence-electron chi connectivity index (χ2n) is 5.84. The highest BCUT2D eigenvalue weighted by Gasteiger charge is 2.10. The van der Waals surface area contributed by atoms with Gasteiger partial charge in [0, 0.05) is 4.47 Å². The van der Waals surface area contributed by atoms with Gasteiger partial charge >= 0.3 is 0 Å². The number of carbonyl (C=O) groups is 1. The fraction of sp³-hybridized carbons (Fsp3) is 0.263. The highest BCUT2D eigenvalue weighted by Crippen LogP contribution is 2.29. The number of nitrogens with zero attached hydrogens (tertiary/aromatic N) is 1. The van der Waals surface area contributed by atoms with Crippen LogP contribution in [0.5, 0.6) is 5.75 Å².